The van der Waals surface area contributed by atoms with E-state index in [4.69, 9.17) is 0 Å². The number of fused-ring (bicyclic) bond motifs is 5. The van der Waals surface area contributed by atoms with Gasteiger partial charge in [-0.1, -0.05) is 57.9 Å². The van der Waals surface area contributed by atoms with Gasteiger partial charge in [-0.05, 0) is 92.3 Å². The molecule has 0 aromatic rings. The molecule has 4 aliphatic rings. The second-order valence-corrected chi connectivity index (χ2v) is 11.8. The Kier molecular flexibility index (Phi) is 5.84. The Balaban J connectivity index is 1.52. The number of aliphatic hydroxyl groups is 2. The van der Waals surface area contributed by atoms with Crippen LogP contribution in [0, 0.1) is 40.4 Å². The molecule has 2 N–H and O–H groups in total. The number of aliphatic hydroxyl groups excluding tert-OH is 2. The molecule has 2 saturated carbocycles. The number of hydrogen-bond acceptors (Lipinski definition) is 2. The number of allylic oxidation sites excluding steroid dienone is 2. The summed E-state index contributed by atoms with van der Waals surface area (Å²) >= 11 is 0. The van der Waals surface area contributed by atoms with E-state index in [9.17, 15) is 10.2 Å². The molecule has 8 atom stereocenters. The van der Waals surface area contributed by atoms with E-state index in [1.165, 1.54) is 25.7 Å². The first-order chi connectivity index (χ1) is 13.7. The van der Waals surface area contributed by atoms with Gasteiger partial charge < -0.3 is 10.2 Å². The van der Waals surface area contributed by atoms with E-state index in [1.807, 2.05) is 0 Å². The van der Waals surface area contributed by atoms with E-state index in [0.29, 0.717) is 11.3 Å². The quantitative estimate of drug-likeness (QED) is 0.533. The maximum atomic E-state index is 10.9. The summed E-state index contributed by atoms with van der Waals surface area (Å²) in [5, 5.41) is 21.1. The van der Waals surface area contributed by atoms with Crippen LogP contribution in [0.4, 0.5) is 0 Å². The third kappa shape index (κ3) is 3.57. The van der Waals surface area contributed by atoms with Gasteiger partial charge in [0.25, 0.3) is 0 Å². The molecule has 4 aliphatic carbocycles. The normalized spacial score (nSPS) is 43.7. The zero-order chi connectivity index (χ0) is 21.0. The molecule has 2 heteroatoms. The molecule has 2 nitrogen and oxygen atoms in total. The van der Waals surface area contributed by atoms with E-state index in [1.54, 1.807) is 11.1 Å². The van der Waals surface area contributed by atoms with E-state index in [2.05, 4.69) is 46.8 Å². The number of hydrogen-bond donors (Lipinski definition) is 2. The third-order valence-corrected chi connectivity index (χ3v) is 9.83. The first-order valence-electron chi connectivity index (χ1n) is 12.4. The highest BCUT2D eigenvalue weighted by molar-refractivity contribution is 5.31. The van der Waals surface area contributed by atoms with Crippen LogP contribution in [0.3, 0.4) is 0 Å². The highest BCUT2D eigenvalue weighted by Gasteiger charge is 2.57. The molecule has 0 aliphatic heterocycles. The molecule has 2 fully saturated rings. The Hall–Kier alpha value is -0.600. The maximum absolute atomic E-state index is 10.9. The fraction of sp³-hybridized carbons (Fsp3) is 0.852. The second-order valence-electron chi connectivity index (χ2n) is 11.8. The molecule has 164 valence electrons. The van der Waals surface area contributed by atoms with E-state index in [-0.39, 0.29) is 23.5 Å². The monoisotopic (exact) mass is 400 g/mol. The van der Waals surface area contributed by atoms with Crippen LogP contribution in [0.15, 0.2) is 23.3 Å². The molecular formula is C27H44O2. The molecule has 0 saturated heterocycles. The van der Waals surface area contributed by atoms with Crippen LogP contribution < -0.4 is 0 Å². The lowest BCUT2D eigenvalue weighted by atomic mass is 9.47. The van der Waals surface area contributed by atoms with Gasteiger partial charge in [0.05, 0.1) is 12.2 Å². The average molecular weight is 401 g/mol. The average Bonchev–Trinajstić information content (AvgIpc) is 3.03. The summed E-state index contributed by atoms with van der Waals surface area (Å²) in [5.74, 6) is 3.23. The van der Waals surface area contributed by atoms with Gasteiger partial charge >= 0.3 is 0 Å². The molecule has 0 aromatic heterocycles. The SMILES string of the molecule is CC(C)CC[C@H](O)[C@@H](C)C1=CC[C@H]2[C@@H]3CC=C4C[C@@H](O)CC[C@]4(C)[C@H]3CC[C@]12C. The summed E-state index contributed by atoms with van der Waals surface area (Å²) in [6, 6.07) is 0. The Morgan fingerprint density at radius 3 is 2.41 bits per heavy atom. The van der Waals surface area contributed by atoms with Crippen LogP contribution >= 0.6 is 0 Å². The Morgan fingerprint density at radius 2 is 1.69 bits per heavy atom. The van der Waals surface area contributed by atoms with Gasteiger partial charge in [0.15, 0.2) is 0 Å². The van der Waals surface area contributed by atoms with Gasteiger partial charge in [0, 0.05) is 5.92 Å². The van der Waals surface area contributed by atoms with Gasteiger partial charge in [0.2, 0.25) is 0 Å². The van der Waals surface area contributed by atoms with Gasteiger partial charge in [-0.2, -0.15) is 0 Å². The first-order valence-corrected chi connectivity index (χ1v) is 12.4. The standard InChI is InChI=1S/C27H44O2/c1-17(2)6-11-25(29)18(3)22-9-10-23-21-8-7-19-16-20(28)12-14-26(19,4)24(21)13-15-27(22,23)5/h7,9,17-18,20-21,23-25,28-29H,6,8,10-16H2,1-5H3/t18-,20-,21-,23-,24-,25-,26-,27+/m0/s1. The minimum atomic E-state index is -0.202. The first kappa shape index (κ1) is 21.6. The van der Waals surface area contributed by atoms with Crippen LogP contribution in [0.25, 0.3) is 0 Å². The zero-order valence-electron chi connectivity index (χ0n) is 19.5. The summed E-state index contributed by atoms with van der Waals surface area (Å²) in [4.78, 5) is 0. The van der Waals surface area contributed by atoms with Crippen molar-refractivity contribution in [1.29, 1.82) is 0 Å². The van der Waals surface area contributed by atoms with Crippen molar-refractivity contribution in [2.75, 3.05) is 0 Å². The van der Waals surface area contributed by atoms with Crippen LogP contribution in [-0.2, 0) is 0 Å². The second kappa shape index (κ2) is 7.83. The van der Waals surface area contributed by atoms with Crippen molar-refractivity contribution in [2.24, 2.45) is 40.4 Å². The molecule has 0 aromatic carbocycles. The molecule has 0 radical (unpaired) electrons. The maximum Gasteiger partial charge on any atom is 0.0603 e. The van der Waals surface area contributed by atoms with Crippen LogP contribution in [0.5, 0.6) is 0 Å². The molecular weight excluding hydrogens is 356 g/mol. The highest BCUT2D eigenvalue weighted by Crippen LogP contribution is 2.65. The highest BCUT2D eigenvalue weighted by atomic mass is 16.3. The van der Waals surface area contributed by atoms with Crippen LogP contribution in [0.2, 0.25) is 0 Å². The lowest BCUT2D eigenvalue weighted by Crippen LogP contribution is -2.50. The Bertz CT molecular complexity index is 676. The fourth-order valence-corrected chi connectivity index (χ4v) is 7.91. The molecule has 0 bridgehead atoms. The van der Waals surface area contributed by atoms with Gasteiger partial charge in [-0.3, -0.25) is 0 Å². The number of rotatable bonds is 5. The molecule has 4 rings (SSSR count). The Morgan fingerprint density at radius 1 is 0.966 bits per heavy atom. The minimum Gasteiger partial charge on any atom is -0.393 e. The minimum absolute atomic E-state index is 0.118. The molecule has 0 spiro atoms. The van der Waals surface area contributed by atoms with Crippen LogP contribution in [0.1, 0.15) is 92.4 Å². The molecule has 29 heavy (non-hydrogen) atoms. The summed E-state index contributed by atoms with van der Waals surface area (Å²) in [6.07, 6.45) is 14.8. The molecule has 0 heterocycles. The van der Waals surface area contributed by atoms with Crippen molar-refractivity contribution in [3.8, 4) is 0 Å². The predicted molar refractivity (Wildman–Crippen MR) is 120 cm³/mol. The molecule has 0 amide bonds. The zero-order valence-corrected chi connectivity index (χ0v) is 19.5. The van der Waals surface area contributed by atoms with Crippen molar-refractivity contribution in [2.45, 2.75) is 105 Å². The van der Waals surface area contributed by atoms with E-state index in [0.717, 1.165) is 49.9 Å². The van der Waals surface area contributed by atoms with Crippen LogP contribution in [-0.4, -0.2) is 22.4 Å². The molecule has 0 unspecified atom stereocenters. The summed E-state index contributed by atoms with van der Waals surface area (Å²) < 4.78 is 0. The summed E-state index contributed by atoms with van der Waals surface area (Å²) in [7, 11) is 0. The lowest BCUT2D eigenvalue weighted by Gasteiger charge is -2.58. The van der Waals surface area contributed by atoms with Crippen molar-refractivity contribution in [1.82, 2.24) is 0 Å². The Labute approximate surface area is 178 Å². The summed E-state index contributed by atoms with van der Waals surface area (Å²) in [6.45, 7) is 11.8. The van der Waals surface area contributed by atoms with Gasteiger partial charge in [0.1, 0.15) is 0 Å². The van der Waals surface area contributed by atoms with Gasteiger partial charge in [-0.25, -0.2) is 0 Å². The van der Waals surface area contributed by atoms with Gasteiger partial charge in [-0.15, -0.1) is 0 Å². The van der Waals surface area contributed by atoms with Crippen molar-refractivity contribution >= 4 is 0 Å². The predicted octanol–water partition coefficient (Wildman–Crippen LogP) is 6.28. The lowest BCUT2D eigenvalue weighted by molar-refractivity contribution is -0.0342. The third-order valence-electron chi connectivity index (χ3n) is 9.83. The fourth-order valence-electron chi connectivity index (χ4n) is 7.91. The van der Waals surface area contributed by atoms with E-state index < -0.39 is 0 Å². The summed E-state index contributed by atoms with van der Waals surface area (Å²) in [5.41, 5.74) is 3.71. The topological polar surface area (TPSA) is 40.5 Å². The van der Waals surface area contributed by atoms with E-state index >= 15 is 0 Å². The van der Waals surface area contributed by atoms with Crippen molar-refractivity contribution < 1.29 is 10.2 Å². The van der Waals surface area contributed by atoms with Crippen molar-refractivity contribution in [3.63, 3.8) is 0 Å². The largest absolute Gasteiger partial charge is 0.393 e. The smallest absolute Gasteiger partial charge is 0.0603 e. The van der Waals surface area contributed by atoms with Crippen molar-refractivity contribution in [3.05, 3.63) is 23.3 Å².